The molecule has 1 aliphatic rings. The summed E-state index contributed by atoms with van der Waals surface area (Å²) in [7, 11) is 1.39. The fourth-order valence-corrected chi connectivity index (χ4v) is 3.23. The van der Waals surface area contributed by atoms with Crippen molar-refractivity contribution < 1.29 is 54.8 Å². The van der Waals surface area contributed by atoms with Crippen molar-refractivity contribution in [1.82, 2.24) is 0 Å². The molecule has 0 bridgehead atoms. The summed E-state index contributed by atoms with van der Waals surface area (Å²) in [4.78, 5) is 12.6. The van der Waals surface area contributed by atoms with E-state index in [0.717, 1.165) is 18.2 Å². The molecule has 0 aromatic heterocycles. The van der Waals surface area contributed by atoms with Gasteiger partial charge in [-0.05, 0) is 35.9 Å². The third-order valence-corrected chi connectivity index (χ3v) is 5.09. The van der Waals surface area contributed by atoms with Gasteiger partial charge in [-0.1, -0.05) is 12.1 Å². The molecule has 1 aliphatic heterocycles. The van der Waals surface area contributed by atoms with E-state index in [-0.39, 0.29) is 17.1 Å². The molecule has 178 valence electrons. The number of hydrogen-bond donors (Lipinski definition) is 7. The first kappa shape index (κ1) is 24.3. The number of hydrogen-bond acceptors (Lipinski definition) is 11. The van der Waals surface area contributed by atoms with Crippen molar-refractivity contribution >= 4 is 11.9 Å². The Morgan fingerprint density at radius 2 is 1.76 bits per heavy atom. The Morgan fingerprint density at radius 3 is 2.39 bits per heavy atom. The van der Waals surface area contributed by atoms with Crippen molar-refractivity contribution in [1.29, 1.82) is 0 Å². The van der Waals surface area contributed by atoms with Crippen LogP contribution in [0, 0.1) is 0 Å². The Labute approximate surface area is 188 Å². The summed E-state index contributed by atoms with van der Waals surface area (Å²) in [6, 6.07) is 6.67. The van der Waals surface area contributed by atoms with Gasteiger partial charge in [0.2, 0.25) is 12.0 Å². The molecule has 2 aromatic rings. The maximum Gasteiger partial charge on any atom is 0.229 e. The minimum Gasteiger partial charge on any atom is -0.504 e. The highest BCUT2D eigenvalue weighted by molar-refractivity contribution is 6.09. The largest absolute Gasteiger partial charge is 0.504 e. The third-order valence-electron chi connectivity index (χ3n) is 5.09. The van der Waals surface area contributed by atoms with Gasteiger partial charge < -0.3 is 50.0 Å². The van der Waals surface area contributed by atoms with E-state index < -0.39 is 60.3 Å². The lowest BCUT2D eigenvalue weighted by atomic mass is 9.99. The van der Waals surface area contributed by atoms with E-state index >= 15 is 0 Å². The number of carbonyl (C=O) groups excluding carboxylic acids is 1. The van der Waals surface area contributed by atoms with Crippen LogP contribution >= 0.6 is 0 Å². The van der Waals surface area contributed by atoms with E-state index in [0.29, 0.717) is 5.56 Å². The van der Waals surface area contributed by atoms with Gasteiger partial charge in [-0.15, -0.1) is 0 Å². The van der Waals surface area contributed by atoms with Crippen LogP contribution in [0.4, 0.5) is 0 Å². The highest BCUT2D eigenvalue weighted by Crippen LogP contribution is 2.40. The maximum absolute atomic E-state index is 12.6. The molecule has 11 heteroatoms. The number of aliphatic hydroxyl groups is 4. The summed E-state index contributed by atoms with van der Waals surface area (Å²) in [5.41, 5.74) is 0.207. The van der Waals surface area contributed by atoms with Crippen molar-refractivity contribution in [2.75, 3.05) is 13.7 Å². The average molecular weight is 464 g/mol. The molecule has 1 saturated heterocycles. The normalized spacial score (nSPS) is 25.2. The van der Waals surface area contributed by atoms with Crippen molar-refractivity contribution in [3.8, 4) is 28.7 Å². The number of allylic oxidation sites excluding steroid dienone is 1. The number of ketones is 1. The molecule has 1 fully saturated rings. The average Bonchev–Trinajstić information content (AvgIpc) is 2.80. The van der Waals surface area contributed by atoms with Crippen molar-refractivity contribution in [3.05, 3.63) is 47.5 Å². The SMILES string of the molecule is COc1ccc(/C=C/C(=O)c2ccc(O)c(OC3OC(CO)C(O)C(O)C3O)c2O)cc1O. The molecule has 2 aromatic carbocycles. The summed E-state index contributed by atoms with van der Waals surface area (Å²) in [6.07, 6.45) is -5.60. The molecule has 33 heavy (non-hydrogen) atoms. The quantitative estimate of drug-likeness (QED) is 0.214. The standard InChI is InChI=1S/C22H24O11/c1-31-15-7-3-10(8-14(15)26)2-5-12(24)11-4-6-13(25)21(17(11)27)33-22-20(30)19(29)18(28)16(9-23)32-22/h2-8,16,18-20,22-23,25-30H,9H2,1H3/b5-2+. The molecule has 7 N–H and O–H groups in total. The Bertz CT molecular complexity index is 1030. The van der Waals surface area contributed by atoms with E-state index in [2.05, 4.69) is 0 Å². The van der Waals surface area contributed by atoms with Gasteiger partial charge in [0.1, 0.15) is 24.4 Å². The second kappa shape index (κ2) is 10.1. The highest BCUT2D eigenvalue weighted by atomic mass is 16.7. The fourth-order valence-electron chi connectivity index (χ4n) is 3.23. The Morgan fingerprint density at radius 1 is 1.03 bits per heavy atom. The Kier molecular flexibility index (Phi) is 7.41. The Hall–Kier alpha value is -3.35. The lowest BCUT2D eigenvalue weighted by molar-refractivity contribution is -0.277. The smallest absolute Gasteiger partial charge is 0.229 e. The predicted octanol–water partition coefficient (Wildman–Crippen LogP) is -0.113. The number of benzene rings is 2. The number of rotatable bonds is 7. The molecule has 0 aliphatic carbocycles. The van der Waals surface area contributed by atoms with E-state index in [1.807, 2.05) is 0 Å². The summed E-state index contributed by atoms with van der Waals surface area (Å²) in [5.74, 6) is -2.52. The third kappa shape index (κ3) is 5.02. The van der Waals surface area contributed by atoms with Crippen LogP contribution in [0.15, 0.2) is 36.4 Å². The number of aromatic hydroxyl groups is 3. The predicted molar refractivity (Wildman–Crippen MR) is 112 cm³/mol. The van der Waals surface area contributed by atoms with Gasteiger partial charge in [-0.2, -0.15) is 0 Å². The molecule has 0 amide bonds. The summed E-state index contributed by atoms with van der Waals surface area (Å²) in [6.45, 7) is -0.701. The van der Waals surface area contributed by atoms with E-state index in [1.165, 1.54) is 25.3 Å². The maximum atomic E-state index is 12.6. The number of aliphatic hydroxyl groups excluding tert-OH is 4. The number of methoxy groups -OCH3 is 1. The molecule has 5 unspecified atom stereocenters. The first-order valence-electron chi connectivity index (χ1n) is 9.79. The molecular weight excluding hydrogens is 440 g/mol. The monoisotopic (exact) mass is 464 g/mol. The number of phenols is 3. The van der Waals surface area contributed by atoms with Gasteiger partial charge in [0.15, 0.2) is 28.8 Å². The van der Waals surface area contributed by atoms with Crippen molar-refractivity contribution in [2.45, 2.75) is 30.7 Å². The fraction of sp³-hybridized carbons (Fsp3) is 0.318. The molecule has 11 nitrogen and oxygen atoms in total. The summed E-state index contributed by atoms with van der Waals surface area (Å²) in [5, 5.41) is 69.5. The molecule has 1 heterocycles. The van der Waals surface area contributed by atoms with Gasteiger partial charge in [0.25, 0.3) is 0 Å². The molecule has 0 saturated carbocycles. The zero-order valence-corrected chi connectivity index (χ0v) is 17.4. The van der Waals surface area contributed by atoms with Crippen molar-refractivity contribution in [2.24, 2.45) is 0 Å². The summed E-state index contributed by atoms with van der Waals surface area (Å²) >= 11 is 0. The van der Waals surface area contributed by atoms with Crippen LogP contribution in [-0.2, 0) is 4.74 Å². The second-order valence-corrected chi connectivity index (χ2v) is 7.25. The Balaban J connectivity index is 1.83. The molecule has 0 radical (unpaired) electrons. The molecule has 5 atom stereocenters. The molecule has 0 spiro atoms. The molecular formula is C22H24O11. The lowest BCUT2D eigenvalue weighted by Gasteiger charge is -2.39. The number of phenolic OH excluding ortho intramolecular Hbond substituents is 3. The van der Waals surface area contributed by atoms with Crippen LogP contribution in [0.3, 0.4) is 0 Å². The second-order valence-electron chi connectivity index (χ2n) is 7.25. The van der Waals surface area contributed by atoms with E-state index in [9.17, 15) is 40.5 Å². The van der Waals surface area contributed by atoms with E-state index in [4.69, 9.17) is 14.2 Å². The van der Waals surface area contributed by atoms with Gasteiger partial charge in [-0.3, -0.25) is 4.79 Å². The minimum atomic E-state index is -1.79. The minimum absolute atomic E-state index is 0.130. The first-order chi connectivity index (χ1) is 15.7. The van der Waals surface area contributed by atoms with Gasteiger partial charge in [-0.25, -0.2) is 0 Å². The number of ether oxygens (including phenoxy) is 3. The zero-order chi connectivity index (χ0) is 24.3. The van der Waals surface area contributed by atoms with Crippen LogP contribution < -0.4 is 9.47 Å². The topological polar surface area (TPSA) is 186 Å². The first-order valence-corrected chi connectivity index (χ1v) is 9.79. The van der Waals surface area contributed by atoms with Gasteiger partial charge in [0.05, 0.1) is 19.3 Å². The van der Waals surface area contributed by atoms with Gasteiger partial charge in [0, 0.05) is 0 Å². The molecule has 3 rings (SSSR count). The van der Waals surface area contributed by atoms with Crippen molar-refractivity contribution in [3.63, 3.8) is 0 Å². The van der Waals surface area contributed by atoms with E-state index in [1.54, 1.807) is 6.07 Å². The van der Waals surface area contributed by atoms with Crippen LogP contribution in [-0.4, -0.2) is 86.0 Å². The highest BCUT2D eigenvalue weighted by Gasteiger charge is 2.45. The van der Waals surface area contributed by atoms with Crippen LogP contribution in [0.25, 0.3) is 6.08 Å². The van der Waals surface area contributed by atoms with Crippen LogP contribution in [0.2, 0.25) is 0 Å². The lowest BCUT2D eigenvalue weighted by Crippen LogP contribution is -2.60. The zero-order valence-electron chi connectivity index (χ0n) is 17.4. The van der Waals surface area contributed by atoms with Crippen LogP contribution in [0.1, 0.15) is 15.9 Å². The van der Waals surface area contributed by atoms with Crippen LogP contribution in [0.5, 0.6) is 28.7 Å². The summed E-state index contributed by atoms with van der Waals surface area (Å²) < 4.78 is 15.4. The number of carbonyl (C=O) groups is 1. The van der Waals surface area contributed by atoms with Gasteiger partial charge >= 0.3 is 0 Å².